The van der Waals surface area contributed by atoms with E-state index in [1.54, 1.807) is 24.2 Å². The number of hydrogen-bond acceptors (Lipinski definition) is 8. The second kappa shape index (κ2) is 11.4. The first-order chi connectivity index (χ1) is 20.9. The Balaban J connectivity index is 1.38. The predicted octanol–water partition coefficient (Wildman–Crippen LogP) is 3.91. The van der Waals surface area contributed by atoms with Crippen LogP contribution in [0, 0.1) is 5.82 Å². The summed E-state index contributed by atoms with van der Waals surface area (Å²) in [5, 5.41) is 3.90. The number of likely N-dealkylation sites (tertiary alicyclic amines) is 1. The first-order valence-electron chi connectivity index (χ1n) is 14.5. The molecule has 12 heteroatoms. The van der Waals surface area contributed by atoms with Crippen LogP contribution < -0.4 is 19.7 Å². The lowest BCUT2D eigenvalue weighted by molar-refractivity contribution is -0.129. The molecule has 1 amide bonds. The Morgan fingerprint density at radius 1 is 1.09 bits per heavy atom. The van der Waals surface area contributed by atoms with E-state index in [2.05, 4.69) is 37.0 Å². The number of nitrogens with one attached hydrogen (secondary N) is 2. The number of anilines is 2. The molecule has 4 heterocycles. The predicted molar refractivity (Wildman–Crippen MR) is 169 cm³/mol. The highest BCUT2D eigenvalue weighted by Crippen LogP contribution is 2.50. The molecule has 2 N–H and O–H groups in total. The number of amides is 1. The largest absolute Gasteiger partial charge is 0.475 e. The van der Waals surface area contributed by atoms with E-state index in [-0.39, 0.29) is 35.7 Å². The molecule has 0 radical (unpaired) electrons. The maximum absolute atomic E-state index is 15.7. The second-order valence-electron chi connectivity index (χ2n) is 11.9. The van der Waals surface area contributed by atoms with Gasteiger partial charge in [-0.25, -0.2) is 17.8 Å². The highest BCUT2D eigenvalue weighted by Gasteiger charge is 2.58. The lowest BCUT2D eigenvalue weighted by Crippen LogP contribution is -2.63. The minimum atomic E-state index is -3.68. The normalized spacial score (nSPS) is 16.0. The smallest absolute Gasteiger partial charge is 0.240 e. The molecular weight excluding hydrogens is 583 g/mol. The van der Waals surface area contributed by atoms with Crippen molar-refractivity contribution in [2.24, 2.45) is 0 Å². The molecular formula is C32H35FN6O4S. The molecule has 0 unspecified atom stereocenters. The van der Waals surface area contributed by atoms with Gasteiger partial charge in [0.05, 0.1) is 23.7 Å². The number of likely N-dealkylation sites (N-methyl/N-ethyl adjacent to an activating group) is 1. The van der Waals surface area contributed by atoms with Gasteiger partial charge >= 0.3 is 0 Å². The molecule has 1 saturated heterocycles. The summed E-state index contributed by atoms with van der Waals surface area (Å²) in [7, 11) is -1.94. The van der Waals surface area contributed by atoms with Crippen LogP contribution in [-0.2, 0) is 26.8 Å². The summed E-state index contributed by atoms with van der Waals surface area (Å²) in [4.78, 5) is 26.4. The van der Waals surface area contributed by atoms with Crippen LogP contribution in [0.15, 0.2) is 60.9 Å². The van der Waals surface area contributed by atoms with Crippen molar-refractivity contribution in [2.75, 3.05) is 49.2 Å². The summed E-state index contributed by atoms with van der Waals surface area (Å²) in [6.07, 6.45) is 4.12. The SMILES string of the molecule is CC(C)NCCOc1ncc(-c2cc3c4c(cnc3cc2F)N(C)C(=O)C42CN(Cc3ccccc3)C2)cc1NS(C)(=O)=O. The third-order valence-electron chi connectivity index (χ3n) is 8.08. The zero-order valence-corrected chi connectivity index (χ0v) is 25.9. The Kier molecular flexibility index (Phi) is 7.76. The van der Waals surface area contributed by atoms with E-state index in [1.165, 1.54) is 23.9 Å². The highest BCUT2D eigenvalue weighted by atomic mass is 32.2. The van der Waals surface area contributed by atoms with Gasteiger partial charge in [-0.3, -0.25) is 19.4 Å². The quantitative estimate of drug-likeness (QED) is 0.257. The molecule has 2 aliphatic rings. The lowest BCUT2D eigenvalue weighted by Gasteiger charge is -2.47. The van der Waals surface area contributed by atoms with Crippen LogP contribution in [0.1, 0.15) is 25.0 Å². The Bertz CT molecular complexity index is 1850. The van der Waals surface area contributed by atoms with Crippen molar-refractivity contribution in [2.45, 2.75) is 31.8 Å². The molecule has 2 aromatic carbocycles. The number of rotatable bonds is 10. The van der Waals surface area contributed by atoms with Gasteiger partial charge < -0.3 is 15.0 Å². The summed E-state index contributed by atoms with van der Waals surface area (Å²) in [5.74, 6) is -0.461. The number of sulfonamides is 1. The van der Waals surface area contributed by atoms with Crippen molar-refractivity contribution in [3.63, 3.8) is 0 Å². The van der Waals surface area contributed by atoms with Crippen LogP contribution >= 0.6 is 0 Å². The average Bonchev–Trinajstić information content (AvgIpc) is 3.17. The van der Waals surface area contributed by atoms with Gasteiger partial charge in [-0.05, 0) is 17.7 Å². The lowest BCUT2D eigenvalue weighted by atomic mass is 9.73. The van der Waals surface area contributed by atoms with Gasteiger partial charge in [0.25, 0.3) is 0 Å². The molecule has 2 aromatic heterocycles. The van der Waals surface area contributed by atoms with Crippen LogP contribution in [0.2, 0.25) is 0 Å². The Hall–Kier alpha value is -4.13. The maximum atomic E-state index is 15.7. The van der Waals surface area contributed by atoms with Crippen molar-refractivity contribution in [1.29, 1.82) is 0 Å². The van der Waals surface area contributed by atoms with E-state index in [0.29, 0.717) is 41.8 Å². The van der Waals surface area contributed by atoms with Crippen LogP contribution in [0.4, 0.5) is 15.8 Å². The zero-order chi connectivity index (χ0) is 31.2. The highest BCUT2D eigenvalue weighted by molar-refractivity contribution is 7.92. The van der Waals surface area contributed by atoms with Crippen LogP contribution in [-0.4, -0.2) is 74.8 Å². The number of pyridine rings is 2. The number of halogens is 1. The molecule has 1 spiro atoms. The topological polar surface area (TPSA) is 117 Å². The van der Waals surface area contributed by atoms with E-state index in [9.17, 15) is 13.2 Å². The van der Waals surface area contributed by atoms with Gasteiger partial charge in [0.1, 0.15) is 23.5 Å². The Morgan fingerprint density at radius 3 is 2.55 bits per heavy atom. The molecule has 44 heavy (non-hydrogen) atoms. The van der Waals surface area contributed by atoms with Crippen molar-refractivity contribution < 1.29 is 22.3 Å². The number of fused-ring (bicyclic) bond motifs is 4. The molecule has 0 saturated carbocycles. The third kappa shape index (κ3) is 5.60. The first kappa shape index (κ1) is 29.9. The first-order valence-corrected chi connectivity index (χ1v) is 16.4. The van der Waals surface area contributed by atoms with Crippen LogP contribution in [0.3, 0.4) is 0 Å². The molecule has 10 nitrogen and oxygen atoms in total. The number of nitrogens with zero attached hydrogens (tertiary/aromatic N) is 4. The maximum Gasteiger partial charge on any atom is 0.240 e. The summed E-state index contributed by atoms with van der Waals surface area (Å²) >= 11 is 0. The molecule has 4 aromatic rings. The van der Waals surface area contributed by atoms with E-state index in [1.807, 2.05) is 32.0 Å². The van der Waals surface area contributed by atoms with Gasteiger partial charge in [-0.15, -0.1) is 0 Å². The third-order valence-corrected chi connectivity index (χ3v) is 8.67. The van der Waals surface area contributed by atoms with Gasteiger partial charge in [-0.1, -0.05) is 44.2 Å². The van der Waals surface area contributed by atoms with Crippen LogP contribution in [0.5, 0.6) is 5.88 Å². The Labute approximate surface area is 256 Å². The van der Waals surface area contributed by atoms with Gasteiger partial charge in [0.15, 0.2) is 0 Å². The van der Waals surface area contributed by atoms with E-state index >= 15 is 4.39 Å². The number of ether oxygens (including phenoxy) is 1. The Morgan fingerprint density at radius 2 is 1.84 bits per heavy atom. The summed E-state index contributed by atoms with van der Waals surface area (Å²) in [5.41, 5.74) is 3.05. The molecule has 1 fully saturated rings. The van der Waals surface area contributed by atoms with Crippen molar-refractivity contribution >= 4 is 38.2 Å². The summed E-state index contributed by atoms with van der Waals surface area (Å²) in [6, 6.07) is 14.9. The molecule has 2 aliphatic heterocycles. The number of carbonyl (C=O) groups excluding carboxylic acids is 1. The van der Waals surface area contributed by atoms with Gasteiger partial charge in [0.2, 0.25) is 21.8 Å². The number of hydrogen-bond donors (Lipinski definition) is 2. The zero-order valence-electron chi connectivity index (χ0n) is 25.1. The fraction of sp³-hybridized carbons (Fsp3) is 0.344. The summed E-state index contributed by atoms with van der Waals surface area (Å²) < 4.78 is 48.2. The van der Waals surface area contributed by atoms with Gasteiger partial charge in [-0.2, -0.15) is 0 Å². The second-order valence-corrected chi connectivity index (χ2v) is 13.6. The molecule has 0 bridgehead atoms. The number of aromatic nitrogens is 2. The van der Waals surface area contributed by atoms with Crippen LogP contribution in [0.25, 0.3) is 22.0 Å². The summed E-state index contributed by atoms with van der Waals surface area (Å²) in [6.45, 7) is 6.60. The fourth-order valence-corrected chi connectivity index (χ4v) is 6.71. The monoisotopic (exact) mass is 618 g/mol. The molecule has 0 atom stereocenters. The van der Waals surface area contributed by atoms with E-state index in [4.69, 9.17) is 4.74 Å². The number of carbonyl (C=O) groups is 1. The van der Waals surface area contributed by atoms with Crippen molar-refractivity contribution in [1.82, 2.24) is 20.2 Å². The molecule has 230 valence electrons. The van der Waals surface area contributed by atoms with Crippen molar-refractivity contribution in [3.05, 3.63) is 77.9 Å². The van der Waals surface area contributed by atoms with E-state index < -0.39 is 21.3 Å². The fourth-order valence-electron chi connectivity index (χ4n) is 6.17. The average molecular weight is 619 g/mol. The standard InChI is InChI=1S/C32H35FN6O4S/c1-20(2)34-10-11-43-30-27(37-44(4,41)42)12-22(15-36-30)23-13-24-26(14-25(23)33)35-16-28-29(24)32(31(40)38(28)3)18-39(19-32)17-21-8-6-5-7-9-21/h5-9,12-16,20,34,37H,10-11,17-19H2,1-4H3. The van der Waals surface area contributed by atoms with Gasteiger partial charge in [0, 0.05) is 73.6 Å². The minimum Gasteiger partial charge on any atom is -0.475 e. The van der Waals surface area contributed by atoms with E-state index in [0.717, 1.165) is 18.4 Å². The molecule has 0 aliphatic carbocycles. The number of benzene rings is 2. The van der Waals surface area contributed by atoms with Crippen molar-refractivity contribution in [3.8, 4) is 17.0 Å². The molecule has 6 rings (SSSR count). The minimum absolute atomic E-state index is 0.00764.